The molecular formula is C24H25N3O4S. The van der Waals surface area contributed by atoms with Crippen LogP contribution in [-0.4, -0.2) is 41.1 Å². The molecule has 8 heteroatoms. The molecule has 0 saturated carbocycles. The fourth-order valence-corrected chi connectivity index (χ4v) is 4.19. The molecule has 1 amide bonds. The Hall–Kier alpha value is -3.26. The number of rotatable bonds is 7. The summed E-state index contributed by atoms with van der Waals surface area (Å²) in [4.78, 5) is 35.8. The zero-order chi connectivity index (χ0) is 22.7. The van der Waals surface area contributed by atoms with Crippen LogP contribution in [0.15, 0.2) is 48.0 Å². The average molecular weight is 452 g/mol. The lowest BCUT2D eigenvalue weighted by Gasteiger charge is -2.33. The van der Waals surface area contributed by atoms with Crippen molar-refractivity contribution in [3.05, 3.63) is 48.0 Å². The van der Waals surface area contributed by atoms with Gasteiger partial charge in [-0.1, -0.05) is 19.9 Å². The number of carbonyl (C=O) groups is 2. The van der Waals surface area contributed by atoms with E-state index in [4.69, 9.17) is 14.5 Å². The van der Waals surface area contributed by atoms with Gasteiger partial charge >= 0.3 is 5.97 Å². The molecule has 1 atom stereocenters. The summed E-state index contributed by atoms with van der Waals surface area (Å²) in [5, 5.41) is 2.76. The number of hydrogen-bond donors (Lipinski definition) is 0. The molecule has 2 aromatic heterocycles. The topological polar surface area (TPSA) is 81.6 Å². The summed E-state index contributed by atoms with van der Waals surface area (Å²) in [6, 6.07) is 10.5. The Balaban J connectivity index is 1.60. The minimum Gasteiger partial charge on any atom is -0.482 e. The van der Waals surface area contributed by atoms with E-state index in [1.165, 1.54) is 16.2 Å². The third-order valence-electron chi connectivity index (χ3n) is 5.19. The third-order valence-corrected chi connectivity index (χ3v) is 6.06. The van der Waals surface area contributed by atoms with Gasteiger partial charge in [0, 0.05) is 17.1 Å². The van der Waals surface area contributed by atoms with Crippen molar-refractivity contribution < 1.29 is 19.1 Å². The van der Waals surface area contributed by atoms with Gasteiger partial charge in [0.15, 0.2) is 6.61 Å². The van der Waals surface area contributed by atoms with Gasteiger partial charge in [-0.2, -0.15) is 0 Å². The fourth-order valence-electron chi connectivity index (χ4n) is 3.39. The Kier molecular flexibility index (Phi) is 6.50. The highest BCUT2D eigenvalue weighted by Crippen LogP contribution is 2.38. The van der Waals surface area contributed by atoms with Crippen molar-refractivity contribution in [2.75, 3.05) is 18.1 Å². The molecule has 32 heavy (non-hydrogen) atoms. The predicted octanol–water partition coefficient (Wildman–Crippen LogP) is 4.58. The Morgan fingerprint density at radius 3 is 2.81 bits per heavy atom. The quantitative estimate of drug-likeness (QED) is 0.489. The fraction of sp³-hybridized carbons (Fsp3) is 0.333. The first-order valence-electron chi connectivity index (χ1n) is 10.6. The summed E-state index contributed by atoms with van der Waals surface area (Å²) >= 11 is 1.50. The number of nitrogens with zero attached hydrogens (tertiary/aromatic N) is 3. The van der Waals surface area contributed by atoms with Crippen LogP contribution >= 0.6 is 11.3 Å². The van der Waals surface area contributed by atoms with E-state index < -0.39 is 12.0 Å². The molecule has 0 fully saturated rings. The molecule has 166 valence electrons. The highest BCUT2D eigenvalue weighted by atomic mass is 32.1. The van der Waals surface area contributed by atoms with Gasteiger partial charge in [-0.3, -0.25) is 14.7 Å². The molecule has 1 aromatic carbocycles. The van der Waals surface area contributed by atoms with Crippen LogP contribution < -0.4 is 9.64 Å². The Labute approximate surface area is 191 Å². The van der Waals surface area contributed by atoms with Crippen LogP contribution in [-0.2, 0) is 14.3 Å². The smallest absolute Gasteiger partial charge is 0.328 e. The summed E-state index contributed by atoms with van der Waals surface area (Å²) in [5.41, 5.74) is 2.94. The summed E-state index contributed by atoms with van der Waals surface area (Å²) in [6.07, 6.45) is 2.51. The van der Waals surface area contributed by atoms with E-state index in [1.54, 1.807) is 19.2 Å². The van der Waals surface area contributed by atoms with Crippen molar-refractivity contribution in [1.29, 1.82) is 0 Å². The van der Waals surface area contributed by atoms with Crippen molar-refractivity contribution in [3.63, 3.8) is 0 Å². The minimum atomic E-state index is -0.757. The molecule has 0 spiro atoms. The number of pyridine rings is 1. The van der Waals surface area contributed by atoms with Gasteiger partial charge in [-0.15, -0.1) is 11.3 Å². The standard InChI is InChI=1S/C24H25N3O4S/c1-15(2)9-11-30-24(29)16(3)27-20-12-17(7-8-21(20)31-13-22(27)28)19-14-32-23(26-19)18-6-4-5-10-25-18/h4-8,10,12,14-16H,9,11,13H2,1-3H3. The van der Waals surface area contributed by atoms with Gasteiger partial charge in [0.1, 0.15) is 16.8 Å². The first-order valence-corrected chi connectivity index (χ1v) is 11.4. The van der Waals surface area contributed by atoms with Crippen molar-refractivity contribution in [1.82, 2.24) is 9.97 Å². The SMILES string of the molecule is CC(C)CCOC(=O)C(C)N1C(=O)COc2ccc(-c3csc(-c4ccccn4)n3)cc21. The van der Waals surface area contributed by atoms with Crippen LogP contribution in [0.1, 0.15) is 27.2 Å². The second-order valence-electron chi connectivity index (χ2n) is 8.01. The first-order chi connectivity index (χ1) is 15.4. The minimum absolute atomic E-state index is 0.115. The third kappa shape index (κ3) is 4.65. The molecule has 0 radical (unpaired) electrons. The van der Waals surface area contributed by atoms with Gasteiger partial charge in [0.25, 0.3) is 5.91 Å². The number of esters is 1. The number of carbonyl (C=O) groups excluding carboxylic acids is 2. The number of aromatic nitrogens is 2. The van der Waals surface area contributed by atoms with Crippen LogP contribution in [0.3, 0.4) is 0 Å². The van der Waals surface area contributed by atoms with Crippen LogP contribution in [0, 0.1) is 5.92 Å². The molecule has 4 rings (SSSR count). The lowest BCUT2D eigenvalue weighted by molar-refractivity contribution is -0.146. The average Bonchev–Trinajstić information content (AvgIpc) is 3.29. The maximum absolute atomic E-state index is 12.7. The number of ether oxygens (including phenoxy) is 2. The van der Waals surface area contributed by atoms with Crippen LogP contribution in [0.5, 0.6) is 5.75 Å². The molecule has 7 nitrogen and oxygen atoms in total. The molecule has 3 heterocycles. The normalized spacial score (nSPS) is 14.1. The van der Waals surface area contributed by atoms with Gasteiger partial charge in [-0.05, 0) is 49.6 Å². The second-order valence-corrected chi connectivity index (χ2v) is 8.87. The Morgan fingerprint density at radius 2 is 2.06 bits per heavy atom. The van der Waals surface area contributed by atoms with E-state index in [0.29, 0.717) is 24.0 Å². The summed E-state index contributed by atoms with van der Waals surface area (Å²) in [5.74, 6) is 0.273. The molecule has 1 aliphatic rings. The highest BCUT2D eigenvalue weighted by molar-refractivity contribution is 7.13. The lowest BCUT2D eigenvalue weighted by atomic mass is 10.1. The molecule has 0 bridgehead atoms. The van der Waals surface area contributed by atoms with E-state index >= 15 is 0 Å². The zero-order valence-corrected chi connectivity index (χ0v) is 19.1. The molecule has 0 saturated heterocycles. The lowest BCUT2D eigenvalue weighted by Crippen LogP contribution is -2.48. The highest BCUT2D eigenvalue weighted by Gasteiger charge is 2.34. The van der Waals surface area contributed by atoms with E-state index in [1.807, 2.05) is 35.7 Å². The summed E-state index contributed by atoms with van der Waals surface area (Å²) in [7, 11) is 0. The van der Waals surface area contributed by atoms with Gasteiger partial charge in [-0.25, -0.2) is 9.78 Å². The van der Waals surface area contributed by atoms with E-state index in [-0.39, 0.29) is 12.5 Å². The Bertz CT molecular complexity index is 1110. The zero-order valence-electron chi connectivity index (χ0n) is 18.3. The predicted molar refractivity (Wildman–Crippen MR) is 124 cm³/mol. The first kappa shape index (κ1) is 22.0. The molecule has 0 aliphatic carbocycles. The Morgan fingerprint density at radius 1 is 1.22 bits per heavy atom. The summed E-state index contributed by atoms with van der Waals surface area (Å²) in [6.45, 7) is 6.04. The van der Waals surface area contributed by atoms with Crippen molar-refractivity contribution in [2.45, 2.75) is 33.2 Å². The molecule has 0 N–H and O–H groups in total. The molecular weight excluding hydrogens is 426 g/mol. The van der Waals surface area contributed by atoms with Crippen molar-refractivity contribution in [3.8, 4) is 27.7 Å². The van der Waals surface area contributed by atoms with Crippen LogP contribution in [0.4, 0.5) is 5.69 Å². The van der Waals surface area contributed by atoms with E-state index in [0.717, 1.165) is 28.4 Å². The van der Waals surface area contributed by atoms with E-state index in [2.05, 4.69) is 18.8 Å². The van der Waals surface area contributed by atoms with Crippen molar-refractivity contribution in [2.24, 2.45) is 5.92 Å². The molecule has 3 aromatic rings. The maximum Gasteiger partial charge on any atom is 0.328 e. The second kappa shape index (κ2) is 9.48. The maximum atomic E-state index is 12.7. The van der Waals surface area contributed by atoms with Crippen LogP contribution in [0.2, 0.25) is 0 Å². The molecule has 1 aliphatic heterocycles. The van der Waals surface area contributed by atoms with Crippen LogP contribution in [0.25, 0.3) is 22.0 Å². The van der Waals surface area contributed by atoms with Crippen molar-refractivity contribution >= 4 is 28.9 Å². The summed E-state index contributed by atoms with van der Waals surface area (Å²) < 4.78 is 11.0. The van der Waals surface area contributed by atoms with E-state index in [9.17, 15) is 9.59 Å². The van der Waals surface area contributed by atoms with Gasteiger partial charge in [0.05, 0.1) is 23.7 Å². The number of fused-ring (bicyclic) bond motifs is 1. The number of hydrogen-bond acceptors (Lipinski definition) is 7. The largest absolute Gasteiger partial charge is 0.482 e. The monoisotopic (exact) mass is 451 g/mol. The number of anilines is 1. The van der Waals surface area contributed by atoms with Gasteiger partial charge in [0.2, 0.25) is 0 Å². The number of benzene rings is 1. The number of amides is 1. The van der Waals surface area contributed by atoms with Gasteiger partial charge < -0.3 is 9.47 Å². The molecule has 1 unspecified atom stereocenters. The number of thiazole rings is 1.